The quantitative estimate of drug-likeness (QED) is 0.932. The minimum Gasteiger partial charge on any atom is -0.478 e. The van der Waals surface area contributed by atoms with E-state index in [0.717, 1.165) is 0 Å². The van der Waals surface area contributed by atoms with Gasteiger partial charge in [0, 0.05) is 0 Å². The molecule has 2 aromatic carbocycles. The molecule has 0 amide bonds. The Balaban J connectivity index is 2.33. The smallest absolute Gasteiger partial charge is 0.335 e. The molecule has 0 spiro atoms. The Hall–Kier alpha value is -2.94. The number of carboxylic acid groups (broad SMARTS) is 1. The van der Waals surface area contributed by atoms with Gasteiger partial charge < -0.3 is 9.84 Å². The number of ether oxygens (including phenoxy) is 1. The lowest BCUT2D eigenvalue weighted by molar-refractivity contribution is 0.0695. The van der Waals surface area contributed by atoms with Crippen molar-refractivity contribution in [3.8, 4) is 17.6 Å². The van der Waals surface area contributed by atoms with Crippen molar-refractivity contribution in [2.75, 3.05) is 0 Å². The number of aromatic carboxylic acids is 1. The minimum absolute atomic E-state index is 0.130. The van der Waals surface area contributed by atoms with E-state index in [4.69, 9.17) is 15.1 Å². The molecule has 4 nitrogen and oxygen atoms in total. The summed E-state index contributed by atoms with van der Waals surface area (Å²) in [6, 6.07) is 8.84. The largest absolute Gasteiger partial charge is 0.478 e. The third-order valence-electron chi connectivity index (χ3n) is 2.45. The third-order valence-corrected chi connectivity index (χ3v) is 2.45. The Morgan fingerprint density at radius 2 is 1.70 bits per heavy atom. The molecule has 20 heavy (non-hydrogen) atoms. The van der Waals surface area contributed by atoms with Gasteiger partial charge in [0.05, 0.1) is 17.2 Å². The second-order valence-electron chi connectivity index (χ2n) is 3.81. The zero-order valence-corrected chi connectivity index (χ0v) is 9.93. The van der Waals surface area contributed by atoms with Crippen molar-refractivity contribution in [1.29, 1.82) is 5.26 Å². The van der Waals surface area contributed by atoms with Gasteiger partial charge in [0.15, 0.2) is 17.4 Å². The molecule has 1 N–H and O–H groups in total. The lowest BCUT2D eigenvalue weighted by Crippen LogP contribution is -2.01. The summed E-state index contributed by atoms with van der Waals surface area (Å²) in [5.74, 6) is -4.24. The maximum atomic E-state index is 13.6. The van der Waals surface area contributed by atoms with Gasteiger partial charge in [0.25, 0.3) is 0 Å². The van der Waals surface area contributed by atoms with Gasteiger partial charge in [-0.05, 0) is 36.4 Å². The van der Waals surface area contributed by atoms with Gasteiger partial charge in [-0.2, -0.15) is 5.26 Å². The van der Waals surface area contributed by atoms with E-state index in [2.05, 4.69) is 0 Å². The van der Waals surface area contributed by atoms with E-state index in [1.165, 1.54) is 24.3 Å². The second-order valence-corrected chi connectivity index (χ2v) is 3.81. The van der Waals surface area contributed by atoms with E-state index in [1.807, 2.05) is 6.07 Å². The molecule has 0 saturated heterocycles. The Morgan fingerprint density at radius 1 is 1.15 bits per heavy atom. The molecule has 6 heteroatoms. The van der Waals surface area contributed by atoms with Crippen LogP contribution in [0.1, 0.15) is 15.9 Å². The topological polar surface area (TPSA) is 70.3 Å². The van der Waals surface area contributed by atoms with Crippen molar-refractivity contribution in [3.63, 3.8) is 0 Å². The van der Waals surface area contributed by atoms with Crippen molar-refractivity contribution in [1.82, 2.24) is 0 Å². The van der Waals surface area contributed by atoms with Crippen molar-refractivity contribution < 1.29 is 23.4 Å². The molecule has 0 aliphatic carbocycles. The highest BCUT2D eigenvalue weighted by atomic mass is 19.1. The SMILES string of the molecule is N#Cc1ccc(Oc2c(F)cc(C(=O)O)cc2F)cc1. The van der Waals surface area contributed by atoms with Crippen LogP contribution >= 0.6 is 0 Å². The van der Waals surface area contributed by atoms with Crippen molar-refractivity contribution in [3.05, 3.63) is 59.2 Å². The third kappa shape index (κ3) is 2.72. The first kappa shape index (κ1) is 13.5. The predicted molar refractivity (Wildman–Crippen MR) is 64.5 cm³/mol. The predicted octanol–water partition coefficient (Wildman–Crippen LogP) is 3.33. The Labute approximate surface area is 112 Å². The van der Waals surface area contributed by atoms with E-state index >= 15 is 0 Å². The Bertz CT molecular complexity index is 682. The number of benzene rings is 2. The molecule has 0 unspecified atom stereocenters. The number of carboxylic acids is 1. The minimum atomic E-state index is -1.44. The molecule has 0 fully saturated rings. The highest BCUT2D eigenvalue weighted by molar-refractivity contribution is 5.87. The fourth-order valence-electron chi connectivity index (χ4n) is 1.50. The maximum Gasteiger partial charge on any atom is 0.335 e. The second kappa shape index (κ2) is 5.36. The van der Waals surface area contributed by atoms with Crippen LogP contribution in [-0.2, 0) is 0 Å². The molecular weight excluding hydrogens is 268 g/mol. The van der Waals surface area contributed by atoms with Crippen LogP contribution in [0.25, 0.3) is 0 Å². The van der Waals surface area contributed by atoms with Gasteiger partial charge in [0.1, 0.15) is 5.75 Å². The van der Waals surface area contributed by atoms with Crippen LogP contribution in [0.3, 0.4) is 0 Å². The van der Waals surface area contributed by atoms with Crippen LogP contribution in [0.2, 0.25) is 0 Å². The van der Waals surface area contributed by atoms with E-state index in [1.54, 1.807) is 0 Å². The number of rotatable bonds is 3. The van der Waals surface area contributed by atoms with Gasteiger partial charge in [-0.25, -0.2) is 13.6 Å². The highest BCUT2D eigenvalue weighted by Gasteiger charge is 2.16. The molecule has 0 atom stereocenters. The molecule has 0 saturated carbocycles. The molecule has 2 aromatic rings. The number of hydrogen-bond acceptors (Lipinski definition) is 3. The fourth-order valence-corrected chi connectivity index (χ4v) is 1.50. The summed E-state index contributed by atoms with van der Waals surface area (Å²) in [5.41, 5.74) is -0.133. The van der Waals surface area contributed by atoms with Crippen LogP contribution in [0.5, 0.6) is 11.5 Å². The summed E-state index contributed by atoms with van der Waals surface area (Å²) < 4.78 is 32.3. The van der Waals surface area contributed by atoms with Crippen LogP contribution in [0.4, 0.5) is 8.78 Å². The molecule has 2 rings (SSSR count). The molecule has 0 radical (unpaired) electrons. The average molecular weight is 275 g/mol. The van der Waals surface area contributed by atoms with E-state index < -0.39 is 28.9 Å². The van der Waals surface area contributed by atoms with Gasteiger partial charge in [-0.15, -0.1) is 0 Å². The molecule has 0 aliphatic rings. The maximum absolute atomic E-state index is 13.6. The summed E-state index contributed by atoms with van der Waals surface area (Å²) >= 11 is 0. The molecule has 100 valence electrons. The first-order valence-corrected chi connectivity index (χ1v) is 5.41. The van der Waals surface area contributed by atoms with Gasteiger partial charge >= 0.3 is 5.97 Å². The summed E-state index contributed by atoms with van der Waals surface area (Å²) in [6.45, 7) is 0. The van der Waals surface area contributed by atoms with Crippen molar-refractivity contribution in [2.45, 2.75) is 0 Å². The van der Waals surface area contributed by atoms with Crippen LogP contribution in [0.15, 0.2) is 36.4 Å². The van der Waals surface area contributed by atoms with E-state index in [0.29, 0.717) is 17.7 Å². The Kier molecular flexibility index (Phi) is 3.62. The van der Waals surface area contributed by atoms with Crippen molar-refractivity contribution >= 4 is 5.97 Å². The van der Waals surface area contributed by atoms with E-state index in [-0.39, 0.29) is 5.75 Å². The monoisotopic (exact) mass is 275 g/mol. The number of hydrogen-bond donors (Lipinski definition) is 1. The fraction of sp³-hybridized carbons (Fsp3) is 0. The summed E-state index contributed by atoms with van der Waals surface area (Å²) in [5, 5.41) is 17.3. The molecule has 0 bridgehead atoms. The first-order valence-electron chi connectivity index (χ1n) is 5.41. The number of nitriles is 1. The lowest BCUT2D eigenvalue weighted by Gasteiger charge is -2.08. The van der Waals surface area contributed by atoms with Crippen LogP contribution in [0, 0.1) is 23.0 Å². The lowest BCUT2D eigenvalue weighted by atomic mass is 10.2. The molecular formula is C14H7F2NO3. The Morgan fingerprint density at radius 3 is 2.15 bits per heavy atom. The van der Waals surface area contributed by atoms with Gasteiger partial charge in [0.2, 0.25) is 0 Å². The standard InChI is InChI=1S/C14H7F2NO3/c15-11-5-9(14(18)19)6-12(16)13(11)20-10-3-1-8(7-17)2-4-10/h1-6H,(H,18,19). The van der Waals surface area contributed by atoms with E-state index in [9.17, 15) is 13.6 Å². The highest BCUT2D eigenvalue weighted by Crippen LogP contribution is 2.28. The summed E-state index contributed by atoms with van der Waals surface area (Å²) in [6.07, 6.45) is 0. The molecule has 0 aliphatic heterocycles. The number of halogens is 2. The summed E-state index contributed by atoms with van der Waals surface area (Å²) in [7, 11) is 0. The summed E-state index contributed by atoms with van der Waals surface area (Å²) in [4.78, 5) is 10.6. The molecule has 0 heterocycles. The van der Waals surface area contributed by atoms with Crippen LogP contribution < -0.4 is 4.74 Å². The van der Waals surface area contributed by atoms with Crippen LogP contribution in [-0.4, -0.2) is 11.1 Å². The van der Waals surface area contributed by atoms with Gasteiger partial charge in [-0.3, -0.25) is 0 Å². The zero-order chi connectivity index (χ0) is 14.7. The average Bonchev–Trinajstić information content (AvgIpc) is 2.43. The first-order chi connectivity index (χ1) is 9.51. The normalized spacial score (nSPS) is 9.85. The van der Waals surface area contributed by atoms with Gasteiger partial charge in [-0.1, -0.05) is 0 Å². The van der Waals surface area contributed by atoms with Crippen molar-refractivity contribution in [2.24, 2.45) is 0 Å². The zero-order valence-electron chi connectivity index (χ0n) is 9.93. The molecule has 0 aromatic heterocycles. The number of carbonyl (C=O) groups is 1. The number of nitrogens with zero attached hydrogens (tertiary/aromatic N) is 1.